The van der Waals surface area contributed by atoms with Crippen LogP contribution in [0.15, 0.2) is 18.2 Å². The second kappa shape index (κ2) is 7.31. The maximum absolute atomic E-state index is 12.0. The summed E-state index contributed by atoms with van der Waals surface area (Å²) in [5.74, 6) is -0.0646. The molecule has 0 aliphatic heterocycles. The van der Waals surface area contributed by atoms with E-state index in [1.807, 2.05) is 13.8 Å². The molecule has 0 atom stereocenters. The van der Waals surface area contributed by atoms with E-state index in [-0.39, 0.29) is 24.2 Å². The van der Waals surface area contributed by atoms with Crippen LogP contribution in [0.4, 0.5) is 5.69 Å². The average molecular weight is 346 g/mol. The molecule has 22 heavy (non-hydrogen) atoms. The molecule has 4 N–H and O–H groups in total. The summed E-state index contributed by atoms with van der Waals surface area (Å²) < 4.78 is 0. The van der Waals surface area contributed by atoms with E-state index in [0.29, 0.717) is 41.6 Å². The molecule has 0 heterocycles. The van der Waals surface area contributed by atoms with Crippen LogP contribution in [0.3, 0.4) is 0 Å². The van der Waals surface area contributed by atoms with E-state index in [0.717, 1.165) is 0 Å². The Kier molecular flexibility index (Phi) is 6.23. The normalized spacial score (nSPS) is 15.0. The lowest BCUT2D eigenvalue weighted by atomic mass is 10.1. The van der Waals surface area contributed by atoms with Crippen molar-refractivity contribution in [1.29, 1.82) is 0 Å². The van der Waals surface area contributed by atoms with E-state index in [2.05, 4.69) is 10.6 Å². The highest BCUT2D eigenvalue weighted by atomic mass is 35.5. The highest BCUT2D eigenvalue weighted by Crippen LogP contribution is 2.33. The molecule has 1 saturated carbocycles. The number of rotatable bonds is 5. The molecule has 0 unspecified atom stereocenters. The zero-order valence-electron chi connectivity index (χ0n) is 12.6. The molecule has 0 aromatic heterocycles. The fraction of sp³-hybridized carbons (Fsp3) is 0.467. The first-order valence-electron chi connectivity index (χ1n) is 7.00. The lowest BCUT2D eigenvalue weighted by Crippen LogP contribution is -2.37. The van der Waals surface area contributed by atoms with E-state index in [1.165, 1.54) is 0 Å². The largest absolute Gasteiger partial charge is 0.352 e. The minimum absolute atomic E-state index is 0. The predicted octanol–water partition coefficient (Wildman–Crippen LogP) is 2.58. The van der Waals surface area contributed by atoms with Crippen LogP contribution < -0.4 is 16.4 Å². The lowest BCUT2D eigenvalue weighted by Gasteiger charge is -2.12. The Balaban J connectivity index is 0.00000242. The number of hydrogen-bond donors (Lipinski definition) is 3. The van der Waals surface area contributed by atoms with Crippen LogP contribution in [0.2, 0.25) is 5.02 Å². The third-order valence-electron chi connectivity index (χ3n) is 3.38. The Morgan fingerprint density at radius 3 is 2.50 bits per heavy atom. The molecule has 1 aromatic carbocycles. The summed E-state index contributed by atoms with van der Waals surface area (Å²) in [6.45, 7) is 4.62. The first kappa shape index (κ1) is 18.7. The SMILES string of the molecule is CC(C)CNC(=O)c1ccc(NC(=O)C2(N)CC2)cc1Cl.Cl. The first-order valence-corrected chi connectivity index (χ1v) is 7.38. The molecule has 1 aromatic rings. The van der Waals surface area contributed by atoms with Gasteiger partial charge in [-0.15, -0.1) is 12.4 Å². The second-order valence-electron chi connectivity index (χ2n) is 5.91. The molecular weight excluding hydrogens is 325 g/mol. The van der Waals surface area contributed by atoms with Crippen LogP contribution in [0.1, 0.15) is 37.0 Å². The van der Waals surface area contributed by atoms with Crippen molar-refractivity contribution in [2.24, 2.45) is 11.7 Å². The van der Waals surface area contributed by atoms with Gasteiger partial charge in [0.25, 0.3) is 5.91 Å². The van der Waals surface area contributed by atoms with Gasteiger partial charge in [-0.3, -0.25) is 9.59 Å². The van der Waals surface area contributed by atoms with Crippen LogP contribution in [-0.2, 0) is 4.79 Å². The standard InChI is InChI=1S/C15H20ClN3O2.ClH/c1-9(2)8-18-13(20)11-4-3-10(7-12(11)16)19-14(21)15(17)5-6-15;/h3-4,7,9H,5-6,8,17H2,1-2H3,(H,18,20)(H,19,21);1H. The van der Waals surface area contributed by atoms with E-state index in [1.54, 1.807) is 18.2 Å². The zero-order valence-corrected chi connectivity index (χ0v) is 14.2. The number of nitrogens with one attached hydrogen (secondary N) is 2. The maximum atomic E-state index is 12.0. The fourth-order valence-corrected chi connectivity index (χ4v) is 2.05. The molecule has 5 nitrogen and oxygen atoms in total. The van der Waals surface area contributed by atoms with Gasteiger partial charge < -0.3 is 16.4 Å². The van der Waals surface area contributed by atoms with Crippen LogP contribution in [0, 0.1) is 5.92 Å². The van der Waals surface area contributed by atoms with Gasteiger partial charge >= 0.3 is 0 Å². The van der Waals surface area contributed by atoms with Crippen LogP contribution in [-0.4, -0.2) is 23.9 Å². The van der Waals surface area contributed by atoms with Crippen molar-refractivity contribution in [3.05, 3.63) is 28.8 Å². The molecule has 0 bridgehead atoms. The van der Waals surface area contributed by atoms with Gasteiger partial charge in [-0.2, -0.15) is 0 Å². The minimum Gasteiger partial charge on any atom is -0.352 e. The summed E-state index contributed by atoms with van der Waals surface area (Å²) in [7, 11) is 0. The minimum atomic E-state index is -0.736. The zero-order chi connectivity index (χ0) is 15.6. The van der Waals surface area contributed by atoms with Gasteiger partial charge in [0.2, 0.25) is 5.91 Å². The number of amides is 2. The molecular formula is C15H21Cl2N3O2. The number of carbonyl (C=O) groups is 2. The Hall–Kier alpha value is -1.30. The Morgan fingerprint density at radius 1 is 1.36 bits per heavy atom. The molecule has 1 aliphatic carbocycles. The first-order chi connectivity index (χ1) is 9.82. The van der Waals surface area contributed by atoms with E-state index in [4.69, 9.17) is 17.3 Å². The number of halogens is 2. The summed E-state index contributed by atoms with van der Waals surface area (Å²) in [6, 6.07) is 4.82. The van der Waals surface area contributed by atoms with Gasteiger partial charge in [0, 0.05) is 12.2 Å². The average Bonchev–Trinajstić information content (AvgIpc) is 3.15. The van der Waals surface area contributed by atoms with Gasteiger partial charge in [0.1, 0.15) is 0 Å². The van der Waals surface area contributed by atoms with Crippen molar-refractivity contribution in [3.8, 4) is 0 Å². The summed E-state index contributed by atoms with van der Waals surface area (Å²) in [5, 5.41) is 5.83. The monoisotopic (exact) mass is 345 g/mol. The Bertz CT molecular complexity index is 572. The maximum Gasteiger partial charge on any atom is 0.252 e. The van der Waals surface area contributed by atoms with Gasteiger partial charge in [-0.1, -0.05) is 25.4 Å². The van der Waals surface area contributed by atoms with Gasteiger partial charge in [-0.05, 0) is 37.0 Å². The van der Waals surface area contributed by atoms with Crippen LogP contribution >= 0.6 is 24.0 Å². The quantitative estimate of drug-likeness (QED) is 0.766. The van der Waals surface area contributed by atoms with Crippen molar-refractivity contribution in [2.45, 2.75) is 32.2 Å². The molecule has 1 aliphatic rings. The lowest BCUT2D eigenvalue weighted by molar-refractivity contribution is -0.118. The topological polar surface area (TPSA) is 84.2 Å². The van der Waals surface area contributed by atoms with Crippen molar-refractivity contribution in [2.75, 3.05) is 11.9 Å². The van der Waals surface area contributed by atoms with Crippen molar-refractivity contribution in [1.82, 2.24) is 5.32 Å². The molecule has 122 valence electrons. The molecule has 2 rings (SSSR count). The molecule has 0 saturated heterocycles. The number of carbonyl (C=O) groups excluding carboxylic acids is 2. The van der Waals surface area contributed by atoms with E-state index >= 15 is 0 Å². The van der Waals surface area contributed by atoms with Crippen molar-refractivity contribution >= 4 is 41.5 Å². The fourth-order valence-electron chi connectivity index (χ4n) is 1.79. The highest BCUT2D eigenvalue weighted by Gasteiger charge is 2.45. The van der Waals surface area contributed by atoms with E-state index < -0.39 is 5.54 Å². The number of hydrogen-bond acceptors (Lipinski definition) is 3. The third kappa shape index (κ3) is 4.60. The third-order valence-corrected chi connectivity index (χ3v) is 3.70. The summed E-state index contributed by atoms with van der Waals surface area (Å²) >= 11 is 6.11. The highest BCUT2D eigenvalue weighted by molar-refractivity contribution is 6.34. The summed E-state index contributed by atoms with van der Waals surface area (Å²) in [4.78, 5) is 23.8. The van der Waals surface area contributed by atoms with Gasteiger partial charge in [-0.25, -0.2) is 0 Å². The summed E-state index contributed by atoms with van der Waals surface area (Å²) in [6.07, 6.45) is 1.39. The molecule has 7 heteroatoms. The molecule has 1 fully saturated rings. The Morgan fingerprint density at radius 2 is 2.00 bits per heavy atom. The van der Waals surface area contributed by atoms with Gasteiger partial charge in [0.15, 0.2) is 0 Å². The van der Waals surface area contributed by atoms with Crippen LogP contribution in [0.25, 0.3) is 0 Å². The predicted molar refractivity (Wildman–Crippen MR) is 90.7 cm³/mol. The van der Waals surface area contributed by atoms with Gasteiger partial charge in [0.05, 0.1) is 16.1 Å². The van der Waals surface area contributed by atoms with Crippen molar-refractivity contribution in [3.63, 3.8) is 0 Å². The van der Waals surface area contributed by atoms with E-state index in [9.17, 15) is 9.59 Å². The summed E-state index contributed by atoms with van der Waals surface area (Å²) in [5.41, 5.74) is 6.01. The van der Waals surface area contributed by atoms with Crippen molar-refractivity contribution < 1.29 is 9.59 Å². The number of anilines is 1. The Labute approximate surface area is 141 Å². The molecule has 2 amide bonds. The number of benzene rings is 1. The molecule has 0 radical (unpaired) electrons. The second-order valence-corrected chi connectivity index (χ2v) is 6.32. The number of nitrogens with two attached hydrogens (primary N) is 1. The van der Waals surface area contributed by atoms with Crippen LogP contribution in [0.5, 0.6) is 0 Å². The molecule has 0 spiro atoms. The smallest absolute Gasteiger partial charge is 0.252 e.